The van der Waals surface area contributed by atoms with Gasteiger partial charge in [-0.2, -0.15) is 14.6 Å². The van der Waals surface area contributed by atoms with Gasteiger partial charge in [-0.1, -0.05) is 79.5 Å². The van der Waals surface area contributed by atoms with E-state index in [2.05, 4.69) is 47.9 Å². The maximum absolute atomic E-state index is 13.4. The Labute approximate surface area is 257 Å². The summed E-state index contributed by atoms with van der Waals surface area (Å²) in [6.45, 7) is 6.30. The molecule has 0 unspecified atom stereocenters. The van der Waals surface area contributed by atoms with Crippen LogP contribution < -0.4 is 14.8 Å². The van der Waals surface area contributed by atoms with E-state index in [9.17, 15) is 4.79 Å². The minimum Gasteiger partial charge on any atom is -0.490 e. The number of hydrogen-bond acceptors (Lipinski definition) is 7. The molecule has 0 N–H and O–H groups in total. The lowest BCUT2D eigenvalue weighted by Crippen LogP contribution is -2.23. The summed E-state index contributed by atoms with van der Waals surface area (Å²) in [6, 6.07) is 26.1. The van der Waals surface area contributed by atoms with E-state index in [4.69, 9.17) is 9.84 Å². The van der Waals surface area contributed by atoms with Crippen LogP contribution in [0.3, 0.4) is 0 Å². The Kier molecular flexibility index (Phi) is 8.62. The van der Waals surface area contributed by atoms with Gasteiger partial charge in [0.2, 0.25) is 4.96 Å². The van der Waals surface area contributed by atoms with E-state index in [1.165, 1.54) is 20.7 Å². The second-order valence-electron chi connectivity index (χ2n) is 9.67. The molecule has 0 saturated heterocycles. The maximum atomic E-state index is 13.4. The Hall–Kier alpha value is -4.73. The molecule has 7 nitrogen and oxygen atoms in total. The number of rotatable bonds is 11. The molecule has 0 spiro atoms. The minimum absolute atomic E-state index is 0.208. The van der Waals surface area contributed by atoms with Crippen LogP contribution in [0.2, 0.25) is 0 Å². The first-order valence-corrected chi connectivity index (χ1v) is 15.7. The number of fused-ring (bicyclic) bond motifs is 1. The third-order valence-electron chi connectivity index (χ3n) is 6.52. The smallest absolute Gasteiger partial charge is 0.291 e. The summed E-state index contributed by atoms with van der Waals surface area (Å²) in [5.41, 5.74) is 4.35. The third kappa shape index (κ3) is 6.53. The van der Waals surface area contributed by atoms with Crippen LogP contribution in [0.5, 0.6) is 5.75 Å². The zero-order chi connectivity index (χ0) is 29.6. The SMILES string of the molecule is C=CCOc1ccc(/C=C/c2nc3s/c(=C\c4cn(-c5ccccc5)nc4-c4ccc(SCCC)cc4)c(=O)n3n2)cc1. The van der Waals surface area contributed by atoms with Crippen molar-refractivity contribution >= 4 is 46.3 Å². The fraction of sp³-hybridized carbons (Fsp3) is 0.118. The van der Waals surface area contributed by atoms with Crippen molar-refractivity contribution in [2.24, 2.45) is 0 Å². The van der Waals surface area contributed by atoms with E-state index in [1.54, 1.807) is 12.2 Å². The first-order chi connectivity index (χ1) is 21.1. The van der Waals surface area contributed by atoms with Crippen LogP contribution in [0.25, 0.3) is 40.1 Å². The van der Waals surface area contributed by atoms with Gasteiger partial charge >= 0.3 is 0 Å². The summed E-state index contributed by atoms with van der Waals surface area (Å²) in [7, 11) is 0. The first kappa shape index (κ1) is 28.4. The molecule has 0 fully saturated rings. The molecule has 3 aromatic carbocycles. The second-order valence-corrected chi connectivity index (χ2v) is 11.8. The summed E-state index contributed by atoms with van der Waals surface area (Å²) < 4.78 is 9.29. The average Bonchev–Trinajstić information content (AvgIpc) is 3.73. The monoisotopic (exact) mass is 603 g/mol. The predicted molar refractivity (Wildman–Crippen MR) is 177 cm³/mol. The van der Waals surface area contributed by atoms with E-state index < -0.39 is 0 Å². The fourth-order valence-corrected chi connectivity index (χ4v) is 6.10. The molecule has 0 aliphatic carbocycles. The molecule has 0 bridgehead atoms. The molecule has 3 heterocycles. The van der Waals surface area contributed by atoms with Crippen molar-refractivity contribution in [3.8, 4) is 22.7 Å². The quantitative estimate of drug-likeness (QED) is 0.120. The third-order valence-corrected chi connectivity index (χ3v) is 8.70. The molecule has 6 aromatic rings. The highest BCUT2D eigenvalue weighted by Gasteiger charge is 2.14. The Morgan fingerprint density at radius 1 is 0.977 bits per heavy atom. The number of aromatic nitrogens is 5. The van der Waals surface area contributed by atoms with Gasteiger partial charge in [0.1, 0.15) is 12.4 Å². The van der Waals surface area contributed by atoms with E-state index in [0.29, 0.717) is 21.9 Å². The molecule has 6 rings (SSSR count). The molecular weight excluding hydrogens is 575 g/mol. The van der Waals surface area contributed by atoms with E-state index in [0.717, 1.165) is 46.0 Å². The van der Waals surface area contributed by atoms with Crippen molar-refractivity contribution in [2.75, 3.05) is 12.4 Å². The van der Waals surface area contributed by atoms with Crippen LogP contribution in [-0.4, -0.2) is 36.7 Å². The lowest BCUT2D eigenvalue weighted by atomic mass is 10.1. The van der Waals surface area contributed by atoms with Gasteiger partial charge in [-0.25, -0.2) is 4.68 Å². The largest absolute Gasteiger partial charge is 0.490 e. The molecule has 0 amide bonds. The van der Waals surface area contributed by atoms with Gasteiger partial charge in [-0.05, 0) is 66.3 Å². The minimum atomic E-state index is -0.208. The highest BCUT2D eigenvalue weighted by atomic mass is 32.2. The highest BCUT2D eigenvalue weighted by molar-refractivity contribution is 7.99. The fourth-order valence-electron chi connectivity index (χ4n) is 4.42. The lowest BCUT2D eigenvalue weighted by molar-refractivity contribution is 0.363. The number of thiazole rings is 1. The standard InChI is InChI=1S/C34H29N5O2S2/c1-3-20-41-28-15-10-24(11-16-28)12-19-31-35-34-39(36-31)33(40)30(43-34)22-26-23-38(27-8-6-5-7-9-27)37-32(26)25-13-17-29(18-14-25)42-21-4-2/h3,5-19,22-23H,1,4,20-21H2,2H3/b19-12+,30-22-. The van der Waals surface area contributed by atoms with Crippen molar-refractivity contribution in [1.82, 2.24) is 24.4 Å². The van der Waals surface area contributed by atoms with Crippen molar-refractivity contribution in [3.63, 3.8) is 0 Å². The van der Waals surface area contributed by atoms with E-state index >= 15 is 0 Å². The molecule has 9 heteroatoms. The Morgan fingerprint density at radius 2 is 1.77 bits per heavy atom. The predicted octanol–water partition coefficient (Wildman–Crippen LogP) is 6.79. The molecular formula is C34H29N5O2S2. The topological polar surface area (TPSA) is 74.3 Å². The summed E-state index contributed by atoms with van der Waals surface area (Å²) in [5, 5.41) is 9.37. The summed E-state index contributed by atoms with van der Waals surface area (Å²) in [6.07, 6.45) is 10.4. The van der Waals surface area contributed by atoms with Crippen LogP contribution in [0.4, 0.5) is 0 Å². The molecule has 0 aliphatic rings. The zero-order valence-corrected chi connectivity index (χ0v) is 25.2. The molecule has 43 heavy (non-hydrogen) atoms. The Bertz CT molecular complexity index is 1990. The number of thioether (sulfide) groups is 1. The Morgan fingerprint density at radius 3 is 2.49 bits per heavy atom. The van der Waals surface area contributed by atoms with Gasteiger partial charge in [0.15, 0.2) is 5.82 Å². The molecule has 3 aromatic heterocycles. The normalized spacial score (nSPS) is 12.0. The van der Waals surface area contributed by atoms with Crippen molar-refractivity contribution in [3.05, 3.63) is 130 Å². The van der Waals surface area contributed by atoms with Gasteiger partial charge in [0.25, 0.3) is 5.56 Å². The van der Waals surface area contributed by atoms with Crippen molar-refractivity contribution < 1.29 is 4.74 Å². The van der Waals surface area contributed by atoms with Gasteiger partial charge in [0, 0.05) is 22.2 Å². The van der Waals surface area contributed by atoms with Gasteiger partial charge in [0.05, 0.1) is 15.9 Å². The maximum Gasteiger partial charge on any atom is 0.291 e. The number of hydrogen-bond donors (Lipinski definition) is 0. The zero-order valence-electron chi connectivity index (χ0n) is 23.6. The van der Waals surface area contributed by atoms with Gasteiger partial charge in [-0.3, -0.25) is 4.79 Å². The number of ether oxygens (including phenoxy) is 1. The lowest BCUT2D eigenvalue weighted by Gasteiger charge is -2.03. The summed E-state index contributed by atoms with van der Waals surface area (Å²) in [4.78, 5) is 19.7. The molecule has 0 saturated carbocycles. The van der Waals surface area contributed by atoms with Crippen molar-refractivity contribution in [1.29, 1.82) is 0 Å². The second kappa shape index (κ2) is 13.1. The molecule has 0 radical (unpaired) electrons. The van der Waals surface area contributed by atoms with Crippen LogP contribution >= 0.6 is 23.1 Å². The highest BCUT2D eigenvalue weighted by Crippen LogP contribution is 2.27. The molecule has 0 atom stereocenters. The average molecular weight is 604 g/mol. The van der Waals surface area contributed by atoms with Gasteiger partial charge in [-0.15, -0.1) is 16.9 Å². The van der Waals surface area contributed by atoms with Crippen molar-refractivity contribution in [2.45, 2.75) is 18.2 Å². The van der Waals surface area contributed by atoms with E-state index in [1.807, 2.05) is 89.4 Å². The molecule has 214 valence electrons. The van der Waals surface area contributed by atoms with Crippen LogP contribution in [-0.2, 0) is 0 Å². The summed E-state index contributed by atoms with van der Waals surface area (Å²) >= 11 is 3.16. The van der Waals surface area contributed by atoms with Crippen LogP contribution in [0.1, 0.15) is 30.3 Å². The van der Waals surface area contributed by atoms with Crippen LogP contribution in [0.15, 0.2) is 107 Å². The number of nitrogens with zero attached hydrogens (tertiary/aromatic N) is 5. The van der Waals surface area contributed by atoms with Gasteiger partial charge < -0.3 is 4.74 Å². The first-order valence-electron chi connectivity index (χ1n) is 13.9. The van der Waals surface area contributed by atoms with Crippen LogP contribution in [0, 0.1) is 0 Å². The Balaban J connectivity index is 1.31. The molecule has 0 aliphatic heterocycles. The summed E-state index contributed by atoms with van der Waals surface area (Å²) in [5.74, 6) is 2.33. The number of benzene rings is 3. The van der Waals surface area contributed by atoms with E-state index in [-0.39, 0.29) is 5.56 Å². The number of para-hydroxylation sites is 1.